The second-order valence-electron chi connectivity index (χ2n) is 4.54. The van der Waals surface area contributed by atoms with E-state index in [1.807, 2.05) is 6.92 Å². The lowest BCUT2D eigenvalue weighted by Crippen LogP contribution is -2.16. The molecule has 0 aliphatic carbocycles. The predicted molar refractivity (Wildman–Crippen MR) is 86.2 cm³/mol. The Bertz CT molecular complexity index is 672. The fourth-order valence-corrected chi connectivity index (χ4v) is 1.77. The van der Waals surface area contributed by atoms with Crippen molar-refractivity contribution in [1.29, 1.82) is 0 Å². The lowest BCUT2D eigenvalue weighted by atomic mass is 10.2. The second-order valence-corrected chi connectivity index (χ2v) is 4.54. The topological polar surface area (TPSA) is 59.9 Å². The van der Waals surface area contributed by atoms with Crippen molar-refractivity contribution in [2.24, 2.45) is 5.16 Å². The van der Waals surface area contributed by atoms with Gasteiger partial charge in [-0.1, -0.05) is 23.4 Å². The summed E-state index contributed by atoms with van der Waals surface area (Å²) in [7, 11) is 0. The van der Waals surface area contributed by atoms with Crippen molar-refractivity contribution in [2.75, 3.05) is 18.5 Å². The van der Waals surface area contributed by atoms with Crippen LogP contribution in [0.4, 0.5) is 10.1 Å². The lowest BCUT2D eigenvalue weighted by molar-refractivity contribution is -0.120. The van der Waals surface area contributed by atoms with E-state index in [1.165, 1.54) is 12.3 Å². The molecular weight excluding hydrogens is 299 g/mol. The number of carbonyl (C=O) groups is 1. The molecule has 0 spiro atoms. The first-order valence-electron chi connectivity index (χ1n) is 7.11. The fourth-order valence-electron chi connectivity index (χ4n) is 1.77. The zero-order valence-corrected chi connectivity index (χ0v) is 12.7. The molecule has 1 N–H and O–H groups in total. The number of hydrogen-bond donors (Lipinski definition) is 1. The number of benzene rings is 2. The van der Waals surface area contributed by atoms with E-state index in [-0.39, 0.29) is 12.5 Å². The molecular formula is C17H17FN2O3. The van der Waals surface area contributed by atoms with E-state index in [1.54, 1.807) is 42.5 Å². The Hall–Kier alpha value is -2.89. The van der Waals surface area contributed by atoms with Crippen molar-refractivity contribution in [3.8, 4) is 5.75 Å². The molecule has 120 valence electrons. The highest BCUT2D eigenvalue weighted by Crippen LogP contribution is 2.15. The van der Waals surface area contributed by atoms with Crippen molar-refractivity contribution in [1.82, 2.24) is 0 Å². The van der Waals surface area contributed by atoms with Crippen LogP contribution in [0.3, 0.4) is 0 Å². The standard InChI is InChI=1S/C17H17FN2O3/c1-2-22-15-9-7-14(8-10-15)20-17(21)12-23-19-11-13-5-3-4-6-16(13)18/h3-11H,2,12H2,1H3,(H,20,21)/b19-11-. The average Bonchev–Trinajstić information content (AvgIpc) is 2.55. The highest BCUT2D eigenvalue weighted by molar-refractivity contribution is 5.91. The third-order valence-corrected chi connectivity index (χ3v) is 2.82. The number of carbonyl (C=O) groups excluding carboxylic acids is 1. The summed E-state index contributed by atoms with van der Waals surface area (Å²) in [5.74, 6) is -0.0326. The van der Waals surface area contributed by atoms with Gasteiger partial charge in [-0.15, -0.1) is 0 Å². The Kier molecular flexibility index (Phi) is 6.11. The summed E-state index contributed by atoms with van der Waals surface area (Å²) in [5, 5.41) is 6.23. The first kappa shape index (κ1) is 16.5. The van der Waals surface area contributed by atoms with Gasteiger partial charge in [-0.3, -0.25) is 4.79 Å². The van der Waals surface area contributed by atoms with Crippen LogP contribution < -0.4 is 10.1 Å². The van der Waals surface area contributed by atoms with E-state index >= 15 is 0 Å². The minimum absolute atomic E-state index is 0.266. The van der Waals surface area contributed by atoms with Crippen LogP contribution in [0.1, 0.15) is 12.5 Å². The van der Waals surface area contributed by atoms with Crippen LogP contribution >= 0.6 is 0 Å². The third-order valence-electron chi connectivity index (χ3n) is 2.82. The van der Waals surface area contributed by atoms with Crippen LogP contribution in [0, 0.1) is 5.82 Å². The summed E-state index contributed by atoms with van der Waals surface area (Å²) in [5.41, 5.74) is 0.916. The van der Waals surface area contributed by atoms with E-state index in [4.69, 9.17) is 9.57 Å². The summed E-state index contributed by atoms with van der Waals surface area (Å²) in [6.07, 6.45) is 1.22. The number of halogens is 1. The number of nitrogens with zero attached hydrogens (tertiary/aromatic N) is 1. The van der Waals surface area contributed by atoms with Crippen LogP contribution in [0.25, 0.3) is 0 Å². The largest absolute Gasteiger partial charge is 0.494 e. The van der Waals surface area contributed by atoms with Crippen molar-refractivity contribution in [3.63, 3.8) is 0 Å². The van der Waals surface area contributed by atoms with Gasteiger partial charge in [-0.05, 0) is 37.3 Å². The molecule has 0 atom stereocenters. The van der Waals surface area contributed by atoms with Gasteiger partial charge in [-0.25, -0.2) is 4.39 Å². The molecule has 0 saturated heterocycles. The van der Waals surface area contributed by atoms with Crippen LogP contribution in [0.5, 0.6) is 5.75 Å². The van der Waals surface area contributed by atoms with Gasteiger partial charge in [-0.2, -0.15) is 0 Å². The van der Waals surface area contributed by atoms with Crippen molar-refractivity contribution < 1.29 is 18.8 Å². The molecule has 6 heteroatoms. The number of amides is 1. The molecule has 2 rings (SSSR count). The molecule has 1 amide bonds. The molecule has 0 aliphatic heterocycles. The minimum atomic E-state index is -0.404. The first-order chi connectivity index (χ1) is 11.2. The number of rotatable bonds is 7. The van der Waals surface area contributed by atoms with E-state index in [2.05, 4.69) is 10.5 Å². The highest BCUT2D eigenvalue weighted by atomic mass is 19.1. The maximum Gasteiger partial charge on any atom is 0.265 e. The van der Waals surface area contributed by atoms with Gasteiger partial charge in [0.2, 0.25) is 0 Å². The summed E-state index contributed by atoms with van der Waals surface area (Å²) >= 11 is 0. The van der Waals surface area contributed by atoms with Gasteiger partial charge in [0.15, 0.2) is 6.61 Å². The quantitative estimate of drug-likeness (QED) is 0.630. The Morgan fingerprint density at radius 2 is 1.96 bits per heavy atom. The van der Waals surface area contributed by atoms with Crippen molar-refractivity contribution >= 4 is 17.8 Å². The summed E-state index contributed by atoms with van der Waals surface area (Å²) in [6.45, 7) is 2.21. The highest BCUT2D eigenvalue weighted by Gasteiger charge is 2.03. The summed E-state index contributed by atoms with van der Waals surface area (Å²) in [4.78, 5) is 16.5. The van der Waals surface area contributed by atoms with E-state index in [0.29, 0.717) is 17.9 Å². The molecule has 2 aromatic carbocycles. The Balaban J connectivity index is 1.78. The molecule has 23 heavy (non-hydrogen) atoms. The monoisotopic (exact) mass is 316 g/mol. The second kappa shape index (κ2) is 8.53. The smallest absolute Gasteiger partial charge is 0.265 e. The normalized spacial score (nSPS) is 10.5. The lowest BCUT2D eigenvalue weighted by Gasteiger charge is -2.06. The van der Waals surface area contributed by atoms with Gasteiger partial charge < -0.3 is 14.9 Å². The maximum absolute atomic E-state index is 13.3. The Labute approximate surface area is 133 Å². The van der Waals surface area contributed by atoms with Gasteiger partial charge in [0.25, 0.3) is 5.91 Å². The first-order valence-corrected chi connectivity index (χ1v) is 7.11. The zero-order valence-electron chi connectivity index (χ0n) is 12.7. The predicted octanol–water partition coefficient (Wildman–Crippen LogP) is 3.21. The Morgan fingerprint density at radius 3 is 2.65 bits per heavy atom. The number of anilines is 1. The number of oxime groups is 1. The van der Waals surface area contributed by atoms with Gasteiger partial charge in [0.05, 0.1) is 12.8 Å². The van der Waals surface area contributed by atoms with E-state index in [0.717, 1.165) is 5.75 Å². The molecule has 0 radical (unpaired) electrons. The van der Waals surface area contributed by atoms with Gasteiger partial charge in [0.1, 0.15) is 11.6 Å². The van der Waals surface area contributed by atoms with E-state index in [9.17, 15) is 9.18 Å². The molecule has 0 fully saturated rings. The zero-order chi connectivity index (χ0) is 16.5. The van der Waals surface area contributed by atoms with Crippen LogP contribution in [-0.4, -0.2) is 25.3 Å². The van der Waals surface area contributed by atoms with Gasteiger partial charge >= 0.3 is 0 Å². The van der Waals surface area contributed by atoms with Crippen molar-refractivity contribution in [2.45, 2.75) is 6.92 Å². The molecule has 0 unspecified atom stereocenters. The molecule has 5 nitrogen and oxygen atoms in total. The maximum atomic E-state index is 13.3. The van der Waals surface area contributed by atoms with E-state index < -0.39 is 5.82 Å². The molecule has 0 heterocycles. The molecule has 2 aromatic rings. The summed E-state index contributed by atoms with van der Waals surface area (Å²) in [6, 6.07) is 13.1. The average molecular weight is 316 g/mol. The summed E-state index contributed by atoms with van der Waals surface area (Å²) < 4.78 is 18.6. The number of nitrogens with one attached hydrogen (secondary N) is 1. The Morgan fingerprint density at radius 1 is 1.22 bits per heavy atom. The van der Waals surface area contributed by atoms with Crippen LogP contribution in [-0.2, 0) is 9.63 Å². The van der Waals surface area contributed by atoms with Gasteiger partial charge in [0, 0.05) is 11.3 Å². The molecule has 0 aromatic heterocycles. The van der Waals surface area contributed by atoms with Crippen LogP contribution in [0.15, 0.2) is 53.7 Å². The third kappa shape index (κ3) is 5.43. The molecule has 0 bridgehead atoms. The molecule has 0 aliphatic rings. The minimum Gasteiger partial charge on any atom is -0.494 e. The fraction of sp³-hybridized carbons (Fsp3) is 0.176. The van der Waals surface area contributed by atoms with Crippen molar-refractivity contribution in [3.05, 3.63) is 59.9 Å². The number of ether oxygens (including phenoxy) is 1. The number of hydrogen-bond acceptors (Lipinski definition) is 4. The van der Waals surface area contributed by atoms with Crippen LogP contribution in [0.2, 0.25) is 0 Å². The molecule has 0 saturated carbocycles. The SMILES string of the molecule is CCOc1ccc(NC(=O)CO/N=C\c2ccccc2F)cc1.